The van der Waals surface area contributed by atoms with E-state index in [0.717, 1.165) is 11.3 Å². The van der Waals surface area contributed by atoms with E-state index in [9.17, 15) is 14.4 Å². The van der Waals surface area contributed by atoms with Crippen LogP contribution in [0.1, 0.15) is 57.2 Å². The Labute approximate surface area is 163 Å². The summed E-state index contributed by atoms with van der Waals surface area (Å²) in [5, 5.41) is 0.319. The van der Waals surface area contributed by atoms with Crippen molar-refractivity contribution >= 4 is 33.5 Å². The summed E-state index contributed by atoms with van der Waals surface area (Å²) in [7, 11) is 0. The maximum atomic E-state index is 12.5. The number of aryl methyl sites for hydroxylation is 2. The van der Waals surface area contributed by atoms with Crippen LogP contribution in [0, 0.1) is 13.8 Å². The van der Waals surface area contributed by atoms with Crippen LogP contribution in [0.5, 0.6) is 0 Å². The molecule has 0 saturated heterocycles. The molecule has 0 radical (unpaired) electrons. The summed E-state index contributed by atoms with van der Waals surface area (Å²) in [4.78, 5) is 52.4. The van der Waals surface area contributed by atoms with Crippen LogP contribution in [0.4, 0.5) is 0 Å². The van der Waals surface area contributed by atoms with Gasteiger partial charge in [0.1, 0.15) is 9.71 Å². The van der Waals surface area contributed by atoms with Crippen molar-refractivity contribution in [2.24, 2.45) is 0 Å². The highest BCUT2D eigenvalue weighted by molar-refractivity contribution is 7.20. The van der Waals surface area contributed by atoms with Crippen molar-refractivity contribution in [1.29, 1.82) is 0 Å². The van der Waals surface area contributed by atoms with Gasteiger partial charge in [0, 0.05) is 6.20 Å². The van der Waals surface area contributed by atoms with Crippen LogP contribution < -0.4 is 5.56 Å². The molecule has 0 aliphatic rings. The maximum absolute atomic E-state index is 12.5. The zero-order valence-electron chi connectivity index (χ0n) is 15.7. The summed E-state index contributed by atoms with van der Waals surface area (Å²) in [6, 6.07) is 0. The number of aromatic amines is 1. The highest BCUT2D eigenvalue weighted by atomic mass is 32.1. The van der Waals surface area contributed by atoms with Crippen molar-refractivity contribution < 1.29 is 19.1 Å². The number of fused-ring (bicyclic) bond motifs is 1. The molecule has 0 amide bonds. The number of aromatic nitrogens is 4. The topological polar surface area (TPSA) is 124 Å². The van der Waals surface area contributed by atoms with Gasteiger partial charge < -0.3 is 14.5 Å². The third-order valence-electron chi connectivity index (χ3n) is 3.94. The Balaban J connectivity index is 1.90. The zero-order chi connectivity index (χ0) is 20.4. The third-order valence-corrected chi connectivity index (χ3v) is 5.10. The lowest BCUT2D eigenvalue weighted by atomic mass is 10.2. The molecule has 0 bridgehead atoms. The fraction of sp³-hybridized carbons (Fsp3) is 0.333. The van der Waals surface area contributed by atoms with Gasteiger partial charge in [0.05, 0.1) is 23.9 Å². The van der Waals surface area contributed by atoms with E-state index in [1.54, 1.807) is 27.7 Å². The lowest BCUT2D eigenvalue weighted by Crippen LogP contribution is -2.18. The fourth-order valence-corrected chi connectivity index (χ4v) is 3.60. The molecule has 28 heavy (non-hydrogen) atoms. The van der Waals surface area contributed by atoms with Crippen molar-refractivity contribution in [3.8, 4) is 0 Å². The van der Waals surface area contributed by atoms with Gasteiger partial charge in [-0.05, 0) is 33.3 Å². The number of hydrogen-bond donors (Lipinski definition) is 1. The molecule has 3 heterocycles. The molecule has 1 atom stereocenters. The number of hydrogen-bond acceptors (Lipinski definition) is 9. The predicted molar refractivity (Wildman–Crippen MR) is 102 cm³/mol. The van der Waals surface area contributed by atoms with Gasteiger partial charge in [0.2, 0.25) is 0 Å². The number of carbonyl (C=O) groups excluding carboxylic acids is 2. The summed E-state index contributed by atoms with van der Waals surface area (Å²) >= 11 is 1.07. The number of rotatable bonds is 5. The molecule has 0 aromatic carbocycles. The lowest BCUT2D eigenvalue weighted by Gasteiger charge is -2.12. The summed E-state index contributed by atoms with van der Waals surface area (Å²) < 4.78 is 10.3. The van der Waals surface area contributed by atoms with Gasteiger partial charge in [-0.1, -0.05) is 0 Å². The average molecular weight is 402 g/mol. The molecule has 3 rings (SSSR count). The van der Waals surface area contributed by atoms with E-state index in [1.165, 1.54) is 12.4 Å². The van der Waals surface area contributed by atoms with Crippen LogP contribution in [0.3, 0.4) is 0 Å². The molecular weight excluding hydrogens is 384 g/mol. The van der Waals surface area contributed by atoms with Crippen molar-refractivity contribution in [1.82, 2.24) is 19.9 Å². The Morgan fingerprint density at radius 2 is 1.96 bits per heavy atom. The molecule has 0 saturated carbocycles. The second-order valence-corrected chi connectivity index (χ2v) is 7.00. The summed E-state index contributed by atoms with van der Waals surface area (Å²) in [6.45, 7) is 6.94. The summed E-state index contributed by atoms with van der Waals surface area (Å²) in [5.74, 6) is -1.01. The van der Waals surface area contributed by atoms with Crippen LogP contribution in [-0.4, -0.2) is 38.5 Å². The molecule has 0 fully saturated rings. The smallest absolute Gasteiger partial charge is 0.359 e. The standard InChI is InChI=1S/C18H18N4O5S/c1-5-26-18(25)13-9(3)12-15(23)21-14(22-16(12)28-13)10(4)27-17(24)11-7-19-8(2)6-20-11/h6-7,10H,5H2,1-4H3,(H,21,22,23). The maximum Gasteiger partial charge on any atom is 0.359 e. The molecular formula is C18H18N4O5S. The highest BCUT2D eigenvalue weighted by Gasteiger charge is 2.23. The van der Waals surface area contributed by atoms with Crippen molar-refractivity contribution in [2.75, 3.05) is 6.61 Å². The largest absolute Gasteiger partial charge is 0.462 e. The second-order valence-electron chi connectivity index (χ2n) is 6.00. The Morgan fingerprint density at radius 1 is 1.21 bits per heavy atom. The van der Waals surface area contributed by atoms with Crippen LogP contribution in [0.25, 0.3) is 10.2 Å². The van der Waals surface area contributed by atoms with Crippen molar-refractivity contribution in [3.63, 3.8) is 0 Å². The molecule has 0 spiro atoms. The monoisotopic (exact) mass is 402 g/mol. The minimum atomic E-state index is -0.832. The van der Waals surface area contributed by atoms with Crippen LogP contribution >= 0.6 is 11.3 Å². The Morgan fingerprint density at radius 3 is 2.61 bits per heavy atom. The first-order valence-electron chi connectivity index (χ1n) is 8.51. The van der Waals surface area contributed by atoms with Gasteiger partial charge in [-0.15, -0.1) is 11.3 Å². The first kappa shape index (κ1) is 19.6. The normalized spacial score (nSPS) is 12.0. The van der Waals surface area contributed by atoms with Gasteiger partial charge in [-0.2, -0.15) is 0 Å². The van der Waals surface area contributed by atoms with Crippen molar-refractivity contribution in [3.05, 3.63) is 50.4 Å². The SMILES string of the molecule is CCOC(=O)c1sc2nc(C(C)OC(=O)c3cnc(C)cn3)[nH]c(=O)c2c1C. The van der Waals surface area contributed by atoms with Crippen LogP contribution in [0.2, 0.25) is 0 Å². The predicted octanol–water partition coefficient (Wildman–Crippen LogP) is 2.49. The van der Waals surface area contributed by atoms with E-state index < -0.39 is 23.6 Å². The van der Waals surface area contributed by atoms with Gasteiger partial charge in [-0.25, -0.2) is 19.6 Å². The minimum absolute atomic E-state index is 0.0532. The van der Waals surface area contributed by atoms with E-state index in [0.29, 0.717) is 26.4 Å². The number of carbonyl (C=O) groups is 2. The minimum Gasteiger partial charge on any atom is -0.462 e. The Kier molecular flexibility index (Phi) is 5.50. The van der Waals surface area contributed by atoms with Crippen LogP contribution in [-0.2, 0) is 9.47 Å². The fourth-order valence-electron chi connectivity index (χ4n) is 2.52. The van der Waals surface area contributed by atoms with Gasteiger partial charge in [0.25, 0.3) is 5.56 Å². The Hall–Kier alpha value is -3.14. The number of nitrogens with zero attached hydrogens (tertiary/aromatic N) is 3. The number of nitrogens with one attached hydrogen (secondary N) is 1. The van der Waals surface area contributed by atoms with Gasteiger partial charge in [0.15, 0.2) is 17.6 Å². The molecule has 146 valence electrons. The average Bonchev–Trinajstić information content (AvgIpc) is 2.99. The first-order valence-corrected chi connectivity index (χ1v) is 9.33. The molecule has 9 nitrogen and oxygen atoms in total. The van der Waals surface area contributed by atoms with Crippen molar-refractivity contribution in [2.45, 2.75) is 33.8 Å². The third kappa shape index (κ3) is 3.77. The zero-order valence-corrected chi connectivity index (χ0v) is 16.5. The molecule has 0 aliphatic heterocycles. The van der Waals surface area contributed by atoms with E-state index in [4.69, 9.17) is 9.47 Å². The van der Waals surface area contributed by atoms with Gasteiger partial charge in [-0.3, -0.25) is 9.78 Å². The number of esters is 2. The van der Waals surface area contributed by atoms with Crippen LogP contribution in [0.15, 0.2) is 17.2 Å². The molecule has 3 aromatic rings. The highest BCUT2D eigenvalue weighted by Crippen LogP contribution is 2.28. The number of thiophene rings is 1. The molecule has 10 heteroatoms. The van der Waals surface area contributed by atoms with E-state index in [2.05, 4.69) is 19.9 Å². The molecule has 0 aliphatic carbocycles. The van der Waals surface area contributed by atoms with E-state index in [-0.39, 0.29) is 18.1 Å². The first-order chi connectivity index (χ1) is 13.3. The summed E-state index contributed by atoms with van der Waals surface area (Å²) in [5.41, 5.74) is 0.824. The number of ether oxygens (including phenoxy) is 2. The molecule has 3 aromatic heterocycles. The number of H-pyrrole nitrogens is 1. The second kappa shape index (κ2) is 7.85. The Bertz CT molecular complexity index is 1100. The quantitative estimate of drug-likeness (QED) is 0.646. The molecule has 1 N–H and O–H groups in total. The lowest BCUT2D eigenvalue weighted by molar-refractivity contribution is 0.0312. The summed E-state index contributed by atoms with van der Waals surface area (Å²) in [6.07, 6.45) is 1.94. The van der Waals surface area contributed by atoms with E-state index in [1.807, 2.05) is 0 Å². The molecule has 1 unspecified atom stereocenters. The van der Waals surface area contributed by atoms with Gasteiger partial charge >= 0.3 is 11.9 Å². The van der Waals surface area contributed by atoms with E-state index >= 15 is 0 Å².